The highest BCUT2D eigenvalue weighted by molar-refractivity contribution is 7.15. The van der Waals surface area contributed by atoms with Crippen LogP contribution in [0.15, 0.2) is 59.3 Å². The molecule has 0 bridgehead atoms. The predicted octanol–water partition coefficient (Wildman–Crippen LogP) is 6.98. The lowest BCUT2D eigenvalue weighted by molar-refractivity contribution is 1.33. The van der Waals surface area contributed by atoms with Crippen molar-refractivity contribution in [3.8, 4) is 22.0 Å². The number of hydrogen-bond donors (Lipinski definition) is 1. The molecule has 2 aromatic heterocycles. The van der Waals surface area contributed by atoms with Gasteiger partial charge in [0.05, 0.1) is 5.69 Å². The van der Waals surface area contributed by atoms with Crippen molar-refractivity contribution in [2.24, 2.45) is 0 Å². The van der Waals surface area contributed by atoms with E-state index in [9.17, 15) is 0 Å². The minimum Gasteiger partial charge on any atom is -0.331 e. The van der Waals surface area contributed by atoms with Gasteiger partial charge in [-0.25, -0.2) is 9.97 Å². The second-order valence-corrected chi connectivity index (χ2v) is 7.81. The van der Waals surface area contributed by atoms with Gasteiger partial charge in [-0.1, -0.05) is 53.5 Å². The number of benzene rings is 2. The van der Waals surface area contributed by atoms with E-state index in [0.717, 1.165) is 32.8 Å². The summed E-state index contributed by atoms with van der Waals surface area (Å²) in [5, 5.41) is 10.1. The van der Waals surface area contributed by atoms with Crippen molar-refractivity contribution in [2.75, 3.05) is 5.32 Å². The third-order valence-corrected chi connectivity index (χ3v) is 5.47. The van der Waals surface area contributed by atoms with Crippen molar-refractivity contribution in [1.29, 1.82) is 0 Å². The first kappa shape index (κ1) is 16.5. The van der Waals surface area contributed by atoms with Gasteiger partial charge in [-0.2, -0.15) is 0 Å². The fourth-order valence-corrected chi connectivity index (χ4v) is 4.42. The summed E-state index contributed by atoms with van der Waals surface area (Å²) in [7, 11) is 0. The molecule has 0 radical (unpaired) electrons. The Hall–Kier alpha value is -1.92. The Bertz CT molecular complexity index is 992. The first-order valence-electron chi connectivity index (χ1n) is 7.37. The van der Waals surface area contributed by atoms with Crippen molar-refractivity contribution in [3.63, 3.8) is 0 Å². The summed E-state index contributed by atoms with van der Waals surface area (Å²) in [6.07, 6.45) is 0. The summed E-state index contributed by atoms with van der Waals surface area (Å²) < 4.78 is 0. The standard InChI is InChI=1S/C18H11Cl2N3S2/c19-12-6-13(20)8-14(7-12)21-18-23-16(10-25-18)17-22-15(9-24-17)11-4-2-1-3-5-11/h1-10H,(H,21,23). The topological polar surface area (TPSA) is 37.8 Å². The molecule has 25 heavy (non-hydrogen) atoms. The van der Waals surface area contributed by atoms with E-state index < -0.39 is 0 Å². The van der Waals surface area contributed by atoms with Crippen LogP contribution >= 0.6 is 45.9 Å². The average molecular weight is 404 g/mol. The van der Waals surface area contributed by atoms with Crippen molar-refractivity contribution < 1.29 is 0 Å². The SMILES string of the molecule is Clc1cc(Cl)cc(Nc2nc(-c3nc(-c4ccccc4)cs3)cs2)c1. The van der Waals surface area contributed by atoms with Gasteiger partial charge in [0, 0.05) is 32.1 Å². The molecule has 1 N–H and O–H groups in total. The van der Waals surface area contributed by atoms with E-state index in [1.807, 2.05) is 41.1 Å². The van der Waals surface area contributed by atoms with E-state index in [1.165, 1.54) is 11.3 Å². The molecule has 0 aliphatic heterocycles. The van der Waals surface area contributed by atoms with E-state index in [-0.39, 0.29) is 0 Å². The Labute approximate surface area is 162 Å². The van der Waals surface area contributed by atoms with Gasteiger partial charge in [-0.3, -0.25) is 0 Å². The molecule has 0 saturated carbocycles. The van der Waals surface area contributed by atoms with Crippen LogP contribution in [0.3, 0.4) is 0 Å². The van der Waals surface area contributed by atoms with Gasteiger partial charge in [0.15, 0.2) is 5.13 Å². The van der Waals surface area contributed by atoms with Crippen LogP contribution in [-0.2, 0) is 0 Å². The Morgan fingerprint density at radius 1 is 0.800 bits per heavy atom. The van der Waals surface area contributed by atoms with Crippen molar-refractivity contribution in [1.82, 2.24) is 9.97 Å². The van der Waals surface area contributed by atoms with E-state index in [2.05, 4.69) is 22.4 Å². The summed E-state index contributed by atoms with van der Waals surface area (Å²) in [6.45, 7) is 0. The molecular weight excluding hydrogens is 393 g/mol. The molecule has 0 saturated heterocycles. The lowest BCUT2D eigenvalue weighted by Crippen LogP contribution is -1.89. The molecule has 0 atom stereocenters. The fourth-order valence-electron chi connectivity index (χ4n) is 2.31. The summed E-state index contributed by atoms with van der Waals surface area (Å²) in [5.74, 6) is 0. The Kier molecular flexibility index (Phi) is 4.72. The smallest absolute Gasteiger partial charge is 0.187 e. The zero-order valence-corrected chi connectivity index (χ0v) is 15.9. The van der Waals surface area contributed by atoms with Crippen LogP contribution in [0, 0.1) is 0 Å². The number of halogens is 2. The molecule has 124 valence electrons. The Balaban J connectivity index is 1.56. The third-order valence-electron chi connectivity index (χ3n) is 3.41. The molecule has 2 heterocycles. The van der Waals surface area contributed by atoms with Gasteiger partial charge in [-0.05, 0) is 18.2 Å². The van der Waals surface area contributed by atoms with Gasteiger partial charge in [0.25, 0.3) is 0 Å². The van der Waals surface area contributed by atoms with Crippen LogP contribution in [-0.4, -0.2) is 9.97 Å². The number of anilines is 2. The average Bonchev–Trinajstić information content (AvgIpc) is 3.24. The minimum atomic E-state index is 0.583. The second kappa shape index (κ2) is 7.14. The van der Waals surface area contributed by atoms with Crippen molar-refractivity contribution >= 4 is 56.7 Å². The van der Waals surface area contributed by atoms with Crippen LogP contribution in [0.1, 0.15) is 0 Å². The maximum atomic E-state index is 6.03. The molecular formula is C18H11Cl2N3S2. The van der Waals surface area contributed by atoms with Crippen LogP contribution in [0.5, 0.6) is 0 Å². The number of nitrogens with one attached hydrogen (secondary N) is 1. The number of aromatic nitrogens is 2. The second-order valence-electron chi connectivity index (χ2n) is 5.22. The van der Waals surface area contributed by atoms with Gasteiger partial charge in [0.2, 0.25) is 0 Å². The highest BCUT2D eigenvalue weighted by Gasteiger charge is 2.11. The molecule has 0 spiro atoms. The van der Waals surface area contributed by atoms with Crippen molar-refractivity contribution in [3.05, 3.63) is 69.3 Å². The summed E-state index contributed by atoms with van der Waals surface area (Å²) in [5.41, 5.74) is 3.73. The zero-order chi connectivity index (χ0) is 17.2. The maximum Gasteiger partial charge on any atom is 0.187 e. The van der Waals surface area contributed by atoms with Crippen LogP contribution < -0.4 is 5.32 Å². The minimum absolute atomic E-state index is 0.583. The van der Waals surface area contributed by atoms with E-state index in [0.29, 0.717) is 10.0 Å². The fraction of sp³-hybridized carbons (Fsp3) is 0. The van der Waals surface area contributed by atoms with Crippen LogP contribution in [0.4, 0.5) is 10.8 Å². The Morgan fingerprint density at radius 3 is 2.28 bits per heavy atom. The molecule has 0 aliphatic rings. The molecule has 0 amide bonds. The molecule has 4 rings (SSSR count). The lowest BCUT2D eigenvalue weighted by Gasteiger charge is -2.03. The quantitative estimate of drug-likeness (QED) is 0.399. The number of hydrogen-bond acceptors (Lipinski definition) is 5. The summed E-state index contributed by atoms with van der Waals surface area (Å²) >= 11 is 15.2. The third kappa shape index (κ3) is 3.85. The van der Waals surface area contributed by atoms with Crippen LogP contribution in [0.2, 0.25) is 10.0 Å². The maximum absolute atomic E-state index is 6.03. The molecule has 0 aliphatic carbocycles. The normalized spacial score (nSPS) is 10.8. The van der Waals surface area contributed by atoms with Gasteiger partial charge < -0.3 is 5.32 Å². The molecule has 0 unspecified atom stereocenters. The number of nitrogens with zero attached hydrogens (tertiary/aromatic N) is 2. The first-order chi connectivity index (χ1) is 12.2. The first-order valence-corrected chi connectivity index (χ1v) is 9.89. The monoisotopic (exact) mass is 403 g/mol. The van der Waals surface area contributed by atoms with Gasteiger partial charge >= 0.3 is 0 Å². The van der Waals surface area contributed by atoms with E-state index in [4.69, 9.17) is 28.2 Å². The number of rotatable bonds is 4. The number of thiazole rings is 2. The van der Waals surface area contributed by atoms with Gasteiger partial charge in [-0.15, -0.1) is 22.7 Å². The largest absolute Gasteiger partial charge is 0.331 e. The van der Waals surface area contributed by atoms with E-state index in [1.54, 1.807) is 17.4 Å². The lowest BCUT2D eigenvalue weighted by atomic mass is 10.2. The highest BCUT2D eigenvalue weighted by atomic mass is 35.5. The molecule has 4 aromatic rings. The molecule has 7 heteroatoms. The van der Waals surface area contributed by atoms with Crippen LogP contribution in [0.25, 0.3) is 22.0 Å². The summed E-state index contributed by atoms with van der Waals surface area (Å²) in [4.78, 5) is 9.30. The molecule has 2 aromatic carbocycles. The van der Waals surface area contributed by atoms with Crippen molar-refractivity contribution in [2.45, 2.75) is 0 Å². The van der Waals surface area contributed by atoms with Gasteiger partial charge in [0.1, 0.15) is 10.7 Å². The highest BCUT2D eigenvalue weighted by Crippen LogP contribution is 2.32. The summed E-state index contributed by atoms with van der Waals surface area (Å²) in [6, 6.07) is 15.4. The molecule has 0 fully saturated rings. The Morgan fingerprint density at radius 2 is 1.52 bits per heavy atom. The zero-order valence-electron chi connectivity index (χ0n) is 12.7. The predicted molar refractivity (Wildman–Crippen MR) is 108 cm³/mol. The van der Waals surface area contributed by atoms with E-state index >= 15 is 0 Å². The molecule has 3 nitrogen and oxygen atoms in total.